The SMILES string of the molecule is COc1cccc(CC(O)C2CCSC2)c1. The zero-order valence-corrected chi connectivity index (χ0v) is 10.4. The summed E-state index contributed by atoms with van der Waals surface area (Å²) in [6.07, 6.45) is 1.68. The molecule has 2 rings (SSSR count). The average Bonchev–Trinajstić information content (AvgIpc) is 2.83. The molecule has 1 heterocycles. The van der Waals surface area contributed by atoms with E-state index in [2.05, 4.69) is 0 Å². The van der Waals surface area contributed by atoms with Gasteiger partial charge in [-0.3, -0.25) is 0 Å². The first-order chi connectivity index (χ1) is 7.79. The molecule has 16 heavy (non-hydrogen) atoms. The predicted molar refractivity (Wildman–Crippen MR) is 68.1 cm³/mol. The van der Waals surface area contributed by atoms with Crippen molar-refractivity contribution in [3.8, 4) is 5.75 Å². The average molecular weight is 238 g/mol. The van der Waals surface area contributed by atoms with E-state index in [0.29, 0.717) is 5.92 Å². The smallest absolute Gasteiger partial charge is 0.119 e. The number of hydrogen-bond acceptors (Lipinski definition) is 3. The Labute approximate surface area is 101 Å². The lowest BCUT2D eigenvalue weighted by Crippen LogP contribution is -2.22. The van der Waals surface area contributed by atoms with Gasteiger partial charge in [0.2, 0.25) is 0 Å². The minimum atomic E-state index is -0.206. The first-order valence-corrected chi connectivity index (χ1v) is 6.84. The van der Waals surface area contributed by atoms with E-state index in [1.54, 1.807) is 7.11 Å². The highest BCUT2D eigenvalue weighted by atomic mass is 32.2. The summed E-state index contributed by atoms with van der Waals surface area (Å²) in [6, 6.07) is 7.96. The Morgan fingerprint density at radius 3 is 3.12 bits per heavy atom. The molecule has 0 aromatic heterocycles. The fraction of sp³-hybridized carbons (Fsp3) is 0.538. The predicted octanol–water partition coefficient (Wildman–Crippen LogP) is 2.35. The minimum absolute atomic E-state index is 0.206. The molecule has 1 fully saturated rings. The monoisotopic (exact) mass is 238 g/mol. The van der Waals surface area contributed by atoms with Gasteiger partial charge < -0.3 is 9.84 Å². The lowest BCUT2D eigenvalue weighted by atomic mass is 9.96. The topological polar surface area (TPSA) is 29.5 Å². The molecule has 2 unspecified atom stereocenters. The Balaban J connectivity index is 1.96. The van der Waals surface area contributed by atoms with E-state index in [1.165, 1.54) is 5.75 Å². The maximum atomic E-state index is 10.1. The maximum absolute atomic E-state index is 10.1. The van der Waals surface area contributed by atoms with Crippen LogP contribution in [0, 0.1) is 5.92 Å². The maximum Gasteiger partial charge on any atom is 0.119 e. The molecule has 1 N–H and O–H groups in total. The number of methoxy groups -OCH3 is 1. The summed E-state index contributed by atoms with van der Waals surface area (Å²) in [5.41, 5.74) is 1.16. The minimum Gasteiger partial charge on any atom is -0.497 e. The second-order valence-electron chi connectivity index (χ2n) is 4.25. The Morgan fingerprint density at radius 2 is 2.44 bits per heavy atom. The molecule has 0 bridgehead atoms. The fourth-order valence-corrected chi connectivity index (χ4v) is 3.39. The van der Waals surface area contributed by atoms with Gasteiger partial charge in [0.1, 0.15) is 5.75 Å². The van der Waals surface area contributed by atoms with Gasteiger partial charge in [-0.15, -0.1) is 0 Å². The first-order valence-electron chi connectivity index (χ1n) is 5.68. The summed E-state index contributed by atoms with van der Waals surface area (Å²) >= 11 is 1.94. The summed E-state index contributed by atoms with van der Waals surface area (Å²) in [4.78, 5) is 0. The zero-order chi connectivity index (χ0) is 11.4. The molecular weight excluding hydrogens is 220 g/mol. The van der Waals surface area contributed by atoms with E-state index in [-0.39, 0.29) is 6.10 Å². The number of rotatable bonds is 4. The summed E-state index contributed by atoms with van der Waals surface area (Å²) in [5.74, 6) is 3.63. The van der Waals surface area contributed by atoms with Gasteiger partial charge in [0.15, 0.2) is 0 Å². The molecule has 0 radical (unpaired) electrons. The van der Waals surface area contributed by atoms with E-state index in [1.807, 2.05) is 36.0 Å². The Morgan fingerprint density at radius 1 is 1.56 bits per heavy atom. The van der Waals surface area contributed by atoms with Crippen molar-refractivity contribution in [2.75, 3.05) is 18.6 Å². The van der Waals surface area contributed by atoms with Crippen LogP contribution in [-0.4, -0.2) is 29.8 Å². The van der Waals surface area contributed by atoms with Crippen LogP contribution < -0.4 is 4.74 Å². The van der Waals surface area contributed by atoms with Crippen molar-refractivity contribution >= 4 is 11.8 Å². The summed E-state index contributed by atoms with van der Waals surface area (Å²) < 4.78 is 5.18. The van der Waals surface area contributed by atoms with Gasteiger partial charge in [-0.1, -0.05) is 12.1 Å². The second-order valence-corrected chi connectivity index (χ2v) is 5.40. The summed E-state index contributed by atoms with van der Waals surface area (Å²) in [5, 5.41) is 10.1. The molecule has 1 saturated heterocycles. The van der Waals surface area contributed by atoms with Crippen LogP contribution >= 0.6 is 11.8 Å². The third kappa shape index (κ3) is 2.92. The second kappa shape index (κ2) is 5.60. The van der Waals surface area contributed by atoms with Crippen molar-refractivity contribution < 1.29 is 9.84 Å². The van der Waals surface area contributed by atoms with Crippen LogP contribution in [0.3, 0.4) is 0 Å². The van der Waals surface area contributed by atoms with Crippen molar-refractivity contribution in [3.63, 3.8) is 0 Å². The van der Waals surface area contributed by atoms with Gasteiger partial charge in [0.05, 0.1) is 13.2 Å². The summed E-state index contributed by atoms with van der Waals surface area (Å²) in [7, 11) is 1.67. The molecule has 1 aromatic rings. The molecule has 1 aliphatic rings. The fourth-order valence-electron chi connectivity index (χ4n) is 2.06. The standard InChI is InChI=1S/C13H18O2S/c1-15-12-4-2-3-10(7-12)8-13(14)11-5-6-16-9-11/h2-4,7,11,13-14H,5-6,8-9H2,1H3. The van der Waals surface area contributed by atoms with Crippen molar-refractivity contribution in [1.82, 2.24) is 0 Å². The highest BCUT2D eigenvalue weighted by Crippen LogP contribution is 2.28. The number of hydrogen-bond donors (Lipinski definition) is 1. The number of aliphatic hydroxyl groups excluding tert-OH is 1. The number of aliphatic hydroxyl groups is 1. The number of ether oxygens (including phenoxy) is 1. The Bertz CT molecular complexity index is 334. The van der Waals surface area contributed by atoms with Gasteiger partial charge in [-0.25, -0.2) is 0 Å². The Kier molecular flexibility index (Phi) is 4.13. The van der Waals surface area contributed by atoms with Crippen molar-refractivity contribution in [2.45, 2.75) is 18.9 Å². The van der Waals surface area contributed by atoms with Gasteiger partial charge in [0.25, 0.3) is 0 Å². The molecule has 0 saturated carbocycles. The molecule has 0 spiro atoms. The van der Waals surface area contributed by atoms with Crippen LogP contribution in [0.25, 0.3) is 0 Å². The van der Waals surface area contributed by atoms with Crippen molar-refractivity contribution in [1.29, 1.82) is 0 Å². The highest BCUT2D eigenvalue weighted by molar-refractivity contribution is 7.99. The molecule has 2 nitrogen and oxygen atoms in total. The van der Waals surface area contributed by atoms with Crippen LogP contribution in [0.4, 0.5) is 0 Å². The zero-order valence-electron chi connectivity index (χ0n) is 9.56. The summed E-state index contributed by atoms with van der Waals surface area (Å²) in [6.45, 7) is 0. The van der Waals surface area contributed by atoms with Crippen LogP contribution in [0.1, 0.15) is 12.0 Å². The molecule has 1 aromatic carbocycles. The molecule has 0 amide bonds. The highest BCUT2D eigenvalue weighted by Gasteiger charge is 2.23. The molecule has 2 atom stereocenters. The van der Waals surface area contributed by atoms with E-state index >= 15 is 0 Å². The molecule has 0 aliphatic carbocycles. The van der Waals surface area contributed by atoms with Crippen LogP contribution in [0.2, 0.25) is 0 Å². The van der Waals surface area contributed by atoms with Gasteiger partial charge >= 0.3 is 0 Å². The van der Waals surface area contributed by atoms with E-state index in [4.69, 9.17) is 4.74 Å². The number of thioether (sulfide) groups is 1. The Hall–Kier alpha value is -0.670. The number of benzene rings is 1. The van der Waals surface area contributed by atoms with Crippen LogP contribution in [0.5, 0.6) is 5.75 Å². The van der Waals surface area contributed by atoms with Crippen molar-refractivity contribution in [3.05, 3.63) is 29.8 Å². The molecule has 3 heteroatoms. The third-order valence-electron chi connectivity index (χ3n) is 3.09. The lowest BCUT2D eigenvalue weighted by molar-refractivity contribution is 0.120. The molecule has 88 valence electrons. The van der Waals surface area contributed by atoms with E-state index < -0.39 is 0 Å². The van der Waals surface area contributed by atoms with Gasteiger partial charge in [0, 0.05) is 0 Å². The van der Waals surface area contributed by atoms with Crippen LogP contribution in [0.15, 0.2) is 24.3 Å². The van der Waals surface area contributed by atoms with E-state index in [0.717, 1.165) is 29.9 Å². The quantitative estimate of drug-likeness (QED) is 0.873. The van der Waals surface area contributed by atoms with Gasteiger partial charge in [-0.2, -0.15) is 11.8 Å². The van der Waals surface area contributed by atoms with Crippen LogP contribution in [-0.2, 0) is 6.42 Å². The molecule has 1 aliphatic heterocycles. The van der Waals surface area contributed by atoms with Gasteiger partial charge in [-0.05, 0) is 48.0 Å². The lowest BCUT2D eigenvalue weighted by Gasteiger charge is -2.17. The largest absolute Gasteiger partial charge is 0.497 e. The van der Waals surface area contributed by atoms with E-state index in [9.17, 15) is 5.11 Å². The normalized spacial score (nSPS) is 22.0. The third-order valence-corrected chi connectivity index (χ3v) is 4.28. The first kappa shape index (κ1) is 11.8. The van der Waals surface area contributed by atoms with Crippen molar-refractivity contribution in [2.24, 2.45) is 5.92 Å². The molecular formula is C13H18O2S.